The second-order valence-corrected chi connectivity index (χ2v) is 5.95. The molecule has 0 bridgehead atoms. The van der Waals surface area contributed by atoms with Gasteiger partial charge in [0.05, 0.1) is 0 Å². The molecule has 4 heteroatoms. The second kappa shape index (κ2) is 5.71. The van der Waals surface area contributed by atoms with E-state index in [9.17, 15) is 4.79 Å². The van der Waals surface area contributed by atoms with Crippen LogP contribution in [0.25, 0.3) is 0 Å². The molecule has 1 amide bonds. The fraction of sp³-hybridized carbons (Fsp3) is 0.615. The number of nitrogens with zero attached hydrogens (tertiary/aromatic N) is 1. The number of aryl methyl sites for hydroxylation is 1. The van der Waals surface area contributed by atoms with Crippen LogP contribution in [0.15, 0.2) is 16.7 Å². The summed E-state index contributed by atoms with van der Waals surface area (Å²) in [4.78, 5) is 12.0. The van der Waals surface area contributed by atoms with Gasteiger partial charge in [0.15, 0.2) is 0 Å². The number of rotatable bonds is 5. The molecule has 1 aromatic rings. The second-order valence-electron chi connectivity index (χ2n) is 5.03. The van der Waals surface area contributed by atoms with Gasteiger partial charge in [-0.25, -0.2) is 0 Å². The van der Waals surface area contributed by atoms with E-state index >= 15 is 0 Å². The topological polar surface area (TPSA) is 34.0 Å². The number of aromatic nitrogens is 1. The lowest BCUT2D eigenvalue weighted by Gasteiger charge is -2.22. The van der Waals surface area contributed by atoms with E-state index in [2.05, 4.69) is 42.0 Å². The van der Waals surface area contributed by atoms with Crippen molar-refractivity contribution in [3.63, 3.8) is 0 Å². The van der Waals surface area contributed by atoms with E-state index in [0.29, 0.717) is 12.2 Å². The standard InChI is InChI=1S/C13H21BrN2O/c1-5-13(3,4)9-15-12(17)11-7-10(14)8-16(11)6-2/h7-8H,5-6,9H2,1-4H3,(H,15,17). The number of hydrogen-bond donors (Lipinski definition) is 1. The molecule has 1 N–H and O–H groups in total. The van der Waals surface area contributed by atoms with Gasteiger partial charge >= 0.3 is 0 Å². The summed E-state index contributed by atoms with van der Waals surface area (Å²) >= 11 is 3.40. The van der Waals surface area contributed by atoms with Gasteiger partial charge in [-0.3, -0.25) is 4.79 Å². The first kappa shape index (κ1) is 14.3. The zero-order valence-electron chi connectivity index (χ0n) is 11.0. The van der Waals surface area contributed by atoms with E-state index in [4.69, 9.17) is 0 Å². The molecule has 0 radical (unpaired) electrons. The Kier molecular flexibility index (Phi) is 4.80. The van der Waals surface area contributed by atoms with Crippen LogP contribution in [0.3, 0.4) is 0 Å². The predicted molar refractivity (Wildman–Crippen MR) is 74.2 cm³/mol. The molecule has 0 saturated heterocycles. The predicted octanol–water partition coefficient (Wildman–Crippen LogP) is 3.44. The molecule has 0 aliphatic rings. The molecule has 17 heavy (non-hydrogen) atoms. The van der Waals surface area contributed by atoms with Crippen LogP contribution in [0, 0.1) is 5.41 Å². The molecule has 1 aromatic heterocycles. The van der Waals surface area contributed by atoms with E-state index < -0.39 is 0 Å². The first-order valence-electron chi connectivity index (χ1n) is 6.03. The maximum absolute atomic E-state index is 12.0. The van der Waals surface area contributed by atoms with Gasteiger partial charge in [-0.15, -0.1) is 0 Å². The zero-order valence-corrected chi connectivity index (χ0v) is 12.6. The Morgan fingerprint density at radius 3 is 2.65 bits per heavy atom. The van der Waals surface area contributed by atoms with Crippen LogP contribution >= 0.6 is 15.9 Å². The summed E-state index contributed by atoms with van der Waals surface area (Å²) < 4.78 is 2.89. The van der Waals surface area contributed by atoms with Gasteiger partial charge in [0.1, 0.15) is 5.69 Å². The third-order valence-corrected chi connectivity index (χ3v) is 3.55. The average molecular weight is 301 g/mol. The third kappa shape index (κ3) is 3.87. The lowest BCUT2D eigenvalue weighted by atomic mass is 9.90. The van der Waals surface area contributed by atoms with E-state index in [0.717, 1.165) is 17.4 Å². The van der Waals surface area contributed by atoms with E-state index in [1.807, 2.05) is 23.8 Å². The van der Waals surface area contributed by atoms with Gasteiger partial charge in [-0.2, -0.15) is 0 Å². The van der Waals surface area contributed by atoms with E-state index in [-0.39, 0.29) is 11.3 Å². The zero-order chi connectivity index (χ0) is 13.1. The number of hydrogen-bond acceptors (Lipinski definition) is 1. The smallest absolute Gasteiger partial charge is 0.267 e. The molecule has 1 heterocycles. The highest BCUT2D eigenvalue weighted by Gasteiger charge is 2.18. The van der Waals surface area contributed by atoms with Crippen LogP contribution in [0.1, 0.15) is 44.6 Å². The number of halogens is 1. The SMILES string of the molecule is CCn1cc(Br)cc1C(=O)NCC(C)(C)CC. The van der Waals surface area contributed by atoms with Gasteiger partial charge in [-0.1, -0.05) is 20.8 Å². The van der Waals surface area contributed by atoms with Crippen molar-refractivity contribution in [2.75, 3.05) is 6.54 Å². The van der Waals surface area contributed by atoms with Gasteiger partial charge < -0.3 is 9.88 Å². The molecule has 0 aliphatic heterocycles. The summed E-state index contributed by atoms with van der Waals surface area (Å²) in [5, 5.41) is 3.00. The highest BCUT2D eigenvalue weighted by molar-refractivity contribution is 9.10. The Morgan fingerprint density at radius 2 is 2.12 bits per heavy atom. The average Bonchev–Trinajstić information content (AvgIpc) is 2.67. The molecular formula is C13H21BrN2O. The minimum Gasteiger partial charge on any atom is -0.350 e. The Morgan fingerprint density at radius 1 is 1.47 bits per heavy atom. The maximum Gasteiger partial charge on any atom is 0.267 e. The lowest BCUT2D eigenvalue weighted by Crippen LogP contribution is -2.34. The van der Waals surface area contributed by atoms with Crippen molar-refractivity contribution in [1.82, 2.24) is 9.88 Å². The van der Waals surface area contributed by atoms with E-state index in [1.54, 1.807) is 0 Å². The van der Waals surface area contributed by atoms with Crippen molar-refractivity contribution in [1.29, 1.82) is 0 Å². The molecule has 1 rings (SSSR count). The van der Waals surface area contributed by atoms with Crippen LogP contribution in [0.4, 0.5) is 0 Å². The Bertz CT molecular complexity index is 396. The molecule has 0 saturated carbocycles. The largest absolute Gasteiger partial charge is 0.350 e. The van der Waals surface area contributed by atoms with Crippen molar-refractivity contribution in [3.8, 4) is 0 Å². The summed E-state index contributed by atoms with van der Waals surface area (Å²) in [5.41, 5.74) is 0.863. The number of carbonyl (C=O) groups excluding carboxylic acids is 1. The summed E-state index contributed by atoms with van der Waals surface area (Å²) in [6.45, 7) is 9.97. The normalized spacial score (nSPS) is 11.6. The number of amides is 1. The summed E-state index contributed by atoms with van der Waals surface area (Å²) in [7, 11) is 0. The van der Waals surface area contributed by atoms with Gasteiger partial charge in [0.2, 0.25) is 0 Å². The quantitative estimate of drug-likeness (QED) is 0.888. The third-order valence-electron chi connectivity index (χ3n) is 3.12. The fourth-order valence-corrected chi connectivity index (χ4v) is 1.93. The van der Waals surface area contributed by atoms with Crippen LogP contribution in [0.5, 0.6) is 0 Å². The molecular weight excluding hydrogens is 280 g/mol. The number of nitrogens with one attached hydrogen (secondary N) is 1. The Balaban J connectivity index is 2.70. The number of carbonyl (C=O) groups is 1. The van der Waals surface area contributed by atoms with Crippen molar-refractivity contribution >= 4 is 21.8 Å². The van der Waals surface area contributed by atoms with Gasteiger partial charge in [0, 0.05) is 23.8 Å². The minimum atomic E-state index is -0.000856. The van der Waals surface area contributed by atoms with Crippen LogP contribution in [-0.2, 0) is 6.54 Å². The first-order valence-corrected chi connectivity index (χ1v) is 6.83. The van der Waals surface area contributed by atoms with Gasteiger partial charge in [-0.05, 0) is 40.8 Å². The molecule has 0 unspecified atom stereocenters. The van der Waals surface area contributed by atoms with Crippen molar-refractivity contribution < 1.29 is 4.79 Å². The fourth-order valence-electron chi connectivity index (χ4n) is 1.46. The minimum absolute atomic E-state index is 0.000856. The molecule has 0 fully saturated rings. The lowest BCUT2D eigenvalue weighted by molar-refractivity contribution is 0.0926. The highest BCUT2D eigenvalue weighted by Crippen LogP contribution is 2.19. The van der Waals surface area contributed by atoms with Gasteiger partial charge in [0.25, 0.3) is 5.91 Å². The highest BCUT2D eigenvalue weighted by atomic mass is 79.9. The molecule has 0 aromatic carbocycles. The van der Waals surface area contributed by atoms with Crippen molar-refractivity contribution in [2.45, 2.75) is 40.7 Å². The molecule has 96 valence electrons. The summed E-state index contributed by atoms with van der Waals surface area (Å²) in [6, 6.07) is 1.86. The summed E-state index contributed by atoms with van der Waals surface area (Å²) in [5.74, 6) is -0.000856. The Labute approximate surface area is 112 Å². The van der Waals surface area contributed by atoms with E-state index in [1.165, 1.54) is 0 Å². The monoisotopic (exact) mass is 300 g/mol. The van der Waals surface area contributed by atoms with Crippen LogP contribution in [-0.4, -0.2) is 17.0 Å². The first-order chi connectivity index (χ1) is 7.89. The Hall–Kier alpha value is -0.770. The molecule has 0 spiro atoms. The van der Waals surface area contributed by atoms with Crippen LogP contribution < -0.4 is 5.32 Å². The molecule has 0 atom stereocenters. The van der Waals surface area contributed by atoms with Crippen molar-refractivity contribution in [2.24, 2.45) is 5.41 Å². The van der Waals surface area contributed by atoms with Crippen molar-refractivity contribution in [3.05, 3.63) is 22.4 Å². The van der Waals surface area contributed by atoms with Crippen LogP contribution in [0.2, 0.25) is 0 Å². The molecule has 0 aliphatic carbocycles. The maximum atomic E-state index is 12.0. The summed E-state index contributed by atoms with van der Waals surface area (Å²) in [6.07, 6.45) is 2.98. The molecule has 3 nitrogen and oxygen atoms in total.